The first-order chi connectivity index (χ1) is 16.6. The molecule has 4 bridgehead atoms. The van der Waals surface area contributed by atoms with Gasteiger partial charge < -0.3 is 14.8 Å². The topological polar surface area (TPSA) is 64.6 Å². The van der Waals surface area contributed by atoms with Gasteiger partial charge in [0.25, 0.3) is 5.91 Å². The van der Waals surface area contributed by atoms with Crippen molar-refractivity contribution in [2.45, 2.75) is 57.2 Å². The van der Waals surface area contributed by atoms with E-state index in [4.69, 9.17) is 9.47 Å². The molecule has 0 radical (unpaired) electrons. The maximum Gasteiger partial charge on any atom is 0.422 e. The molecule has 2 aromatic rings. The van der Waals surface area contributed by atoms with Crippen LogP contribution in [0.3, 0.4) is 0 Å². The molecule has 0 atom stereocenters. The first-order valence-corrected chi connectivity index (χ1v) is 12.0. The van der Waals surface area contributed by atoms with Crippen LogP contribution in [-0.2, 0) is 4.74 Å². The number of amides is 1. The first-order valence-electron chi connectivity index (χ1n) is 12.0. The highest BCUT2D eigenvalue weighted by atomic mass is 19.4. The van der Waals surface area contributed by atoms with Crippen LogP contribution in [0.15, 0.2) is 42.5 Å². The predicted molar refractivity (Wildman–Crippen MR) is 123 cm³/mol. The minimum atomic E-state index is -4.56. The van der Waals surface area contributed by atoms with Crippen LogP contribution in [0, 0.1) is 24.7 Å². The summed E-state index contributed by atoms with van der Waals surface area (Å²) in [5, 5.41) is 2.76. The number of halogens is 3. The number of aryl methyl sites for hydroxylation is 1. The number of benzene rings is 2. The van der Waals surface area contributed by atoms with Crippen molar-refractivity contribution >= 4 is 17.6 Å². The molecule has 4 fully saturated rings. The van der Waals surface area contributed by atoms with Crippen LogP contribution in [-0.4, -0.2) is 30.3 Å². The number of rotatable bonds is 6. The molecule has 0 unspecified atom stereocenters. The fourth-order valence-electron chi connectivity index (χ4n) is 6.45. The van der Waals surface area contributed by atoms with Gasteiger partial charge >= 0.3 is 12.1 Å². The first kappa shape index (κ1) is 23.7. The molecule has 4 saturated carbocycles. The highest BCUT2D eigenvalue weighted by Crippen LogP contribution is 2.57. The molecule has 8 heteroatoms. The number of ether oxygens (including phenoxy) is 2. The molecule has 5 nitrogen and oxygen atoms in total. The number of alkyl halides is 3. The van der Waals surface area contributed by atoms with Gasteiger partial charge in [-0.2, -0.15) is 13.2 Å². The maximum absolute atomic E-state index is 13.4. The van der Waals surface area contributed by atoms with Gasteiger partial charge in [-0.15, -0.1) is 0 Å². The van der Waals surface area contributed by atoms with Crippen molar-refractivity contribution in [3.05, 3.63) is 59.2 Å². The second-order valence-electron chi connectivity index (χ2n) is 10.4. The number of nitrogens with one attached hydrogen (secondary N) is 1. The molecular formula is C27H28F3NO4. The summed E-state index contributed by atoms with van der Waals surface area (Å²) in [7, 11) is 0. The third-order valence-electron chi connectivity index (χ3n) is 7.51. The molecule has 35 heavy (non-hydrogen) atoms. The number of hydrogen-bond acceptors (Lipinski definition) is 4. The molecule has 0 heterocycles. The Bertz CT molecular complexity index is 1090. The van der Waals surface area contributed by atoms with Gasteiger partial charge in [0.2, 0.25) is 0 Å². The van der Waals surface area contributed by atoms with E-state index in [0.29, 0.717) is 34.6 Å². The Morgan fingerprint density at radius 1 is 1.00 bits per heavy atom. The van der Waals surface area contributed by atoms with E-state index in [1.54, 1.807) is 37.3 Å². The number of hydrogen-bond donors (Lipinski definition) is 1. The highest BCUT2D eigenvalue weighted by Gasteiger charge is 2.53. The highest BCUT2D eigenvalue weighted by molar-refractivity contribution is 6.05. The summed E-state index contributed by atoms with van der Waals surface area (Å²) in [5.41, 5.74) is 0.528. The molecule has 0 saturated heterocycles. The van der Waals surface area contributed by atoms with E-state index >= 15 is 0 Å². The molecule has 4 aliphatic rings. The normalized spacial score (nSPS) is 26.9. The van der Waals surface area contributed by atoms with E-state index < -0.39 is 30.3 Å². The van der Waals surface area contributed by atoms with Crippen molar-refractivity contribution in [1.29, 1.82) is 0 Å². The lowest BCUT2D eigenvalue weighted by molar-refractivity contribution is -0.153. The Kier molecular flexibility index (Phi) is 6.01. The maximum atomic E-state index is 13.4. The van der Waals surface area contributed by atoms with Crippen LogP contribution >= 0.6 is 0 Å². The van der Waals surface area contributed by atoms with Crippen LogP contribution in [0.25, 0.3) is 0 Å². The molecule has 2 aromatic carbocycles. The average Bonchev–Trinajstić information content (AvgIpc) is 2.77. The molecule has 1 N–H and O–H groups in total. The summed E-state index contributed by atoms with van der Waals surface area (Å²) < 4.78 is 49.8. The summed E-state index contributed by atoms with van der Waals surface area (Å²) in [5.74, 6) is 0.306. The number of anilines is 1. The lowest BCUT2D eigenvalue weighted by Gasteiger charge is -2.55. The number of carbonyl (C=O) groups is 2. The van der Waals surface area contributed by atoms with Crippen LogP contribution in [0.5, 0.6) is 5.75 Å². The third-order valence-corrected chi connectivity index (χ3v) is 7.51. The zero-order chi connectivity index (χ0) is 24.8. The van der Waals surface area contributed by atoms with Gasteiger partial charge in [-0.3, -0.25) is 4.79 Å². The molecular weight excluding hydrogens is 459 g/mol. The quantitative estimate of drug-likeness (QED) is 0.485. The van der Waals surface area contributed by atoms with Crippen molar-refractivity contribution in [3.63, 3.8) is 0 Å². The molecule has 186 valence electrons. The Morgan fingerprint density at radius 2 is 1.60 bits per heavy atom. The molecule has 4 aliphatic carbocycles. The standard InChI is InChI=1S/C27H28F3NO4/c1-16-7-23(34-15-27(28,29)30)21(11-22(16)31-24(32)20-5-3-2-4-6-20)25(33)35-26-12-17-8-18(13-26)10-19(9-17)14-26/h2-7,11,17-19H,8-10,12-15H2,1H3,(H,31,32). The average molecular weight is 488 g/mol. The Hall–Kier alpha value is -3.03. The van der Waals surface area contributed by atoms with Gasteiger partial charge in [-0.05, 0) is 93.0 Å². The predicted octanol–water partition coefficient (Wildman–Crippen LogP) is 6.31. The van der Waals surface area contributed by atoms with Crippen LogP contribution in [0.1, 0.15) is 64.8 Å². The molecule has 1 amide bonds. The largest absolute Gasteiger partial charge is 0.483 e. The molecule has 0 spiro atoms. The van der Waals surface area contributed by atoms with E-state index in [1.807, 2.05) is 0 Å². The summed E-state index contributed by atoms with van der Waals surface area (Å²) in [6.45, 7) is 0.106. The van der Waals surface area contributed by atoms with E-state index in [9.17, 15) is 22.8 Å². The lowest BCUT2D eigenvalue weighted by atomic mass is 9.54. The van der Waals surface area contributed by atoms with E-state index in [2.05, 4.69) is 5.32 Å². The van der Waals surface area contributed by atoms with Crippen LogP contribution in [0.2, 0.25) is 0 Å². The van der Waals surface area contributed by atoms with Gasteiger partial charge in [-0.25, -0.2) is 4.79 Å². The van der Waals surface area contributed by atoms with E-state index in [-0.39, 0.29) is 11.3 Å². The van der Waals surface area contributed by atoms with Crippen molar-refractivity contribution in [2.24, 2.45) is 17.8 Å². The monoisotopic (exact) mass is 487 g/mol. The minimum Gasteiger partial charge on any atom is -0.483 e. The SMILES string of the molecule is Cc1cc(OCC(F)(F)F)c(C(=O)OC23CC4CC(CC(C4)C2)C3)cc1NC(=O)c1ccccc1. The third kappa shape index (κ3) is 5.16. The van der Waals surface area contributed by atoms with Crippen molar-refractivity contribution in [2.75, 3.05) is 11.9 Å². The fourth-order valence-corrected chi connectivity index (χ4v) is 6.45. The van der Waals surface area contributed by atoms with Gasteiger partial charge in [0.1, 0.15) is 16.9 Å². The number of esters is 1. The summed E-state index contributed by atoms with van der Waals surface area (Å²) >= 11 is 0. The Labute approximate surface area is 202 Å². The van der Waals surface area contributed by atoms with Crippen LogP contribution < -0.4 is 10.1 Å². The second kappa shape index (κ2) is 8.88. The summed E-state index contributed by atoms with van der Waals surface area (Å²) in [4.78, 5) is 26.1. The lowest BCUT2D eigenvalue weighted by Crippen LogP contribution is -2.52. The van der Waals surface area contributed by atoms with Crippen molar-refractivity contribution in [1.82, 2.24) is 0 Å². The zero-order valence-electron chi connectivity index (χ0n) is 19.5. The molecule has 0 aromatic heterocycles. The molecule has 6 rings (SSSR count). The van der Waals surface area contributed by atoms with Crippen molar-refractivity contribution in [3.8, 4) is 5.75 Å². The van der Waals surface area contributed by atoms with E-state index in [0.717, 1.165) is 38.5 Å². The van der Waals surface area contributed by atoms with Crippen LogP contribution in [0.4, 0.5) is 18.9 Å². The smallest absolute Gasteiger partial charge is 0.422 e. The Morgan fingerprint density at radius 3 is 2.17 bits per heavy atom. The fraction of sp³-hybridized carbons (Fsp3) is 0.481. The molecule has 0 aliphatic heterocycles. The van der Waals surface area contributed by atoms with Gasteiger partial charge in [0, 0.05) is 11.3 Å². The zero-order valence-corrected chi connectivity index (χ0v) is 19.5. The summed E-state index contributed by atoms with van der Waals surface area (Å²) in [6.07, 6.45) is 1.33. The van der Waals surface area contributed by atoms with E-state index in [1.165, 1.54) is 12.1 Å². The summed E-state index contributed by atoms with van der Waals surface area (Å²) in [6, 6.07) is 11.2. The second-order valence-corrected chi connectivity index (χ2v) is 10.4. The number of carbonyl (C=O) groups excluding carboxylic acids is 2. The van der Waals surface area contributed by atoms with Gasteiger partial charge in [-0.1, -0.05) is 18.2 Å². The Balaban J connectivity index is 1.43. The van der Waals surface area contributed by atoms with Crippen molar-refractivity contribution < 1.29 is 32.2 Å². The van der Waals surface area contributed by atoms with Gasteiger partial charge in [0.15, 0.2) is 6.61 Å². The van der Waals surface area contributed by atoms with Gasteiger partial charge in [0.05, 0.1) is 0 Å². The minimum absolute atomic E-state index is 0.112.